The molecule has 1 rings (SSSR count). The van der Waals surface area contributed by atoms with Crippen LogP contribution in [0.25, 0.3) is 0 Å². The lowest BCUT2D eigenvalue weighted by atomic mass is 10.3. The molecule has 0 aliphatic rings. The molecule has 0 spiro atoms. The van der Waals surface area contributed by atoms with Crippen LogP contribution >= 0.6 is 0 Å². The number of hydrogen-bond donors (Lipinski definition) is 1. The summed E-state index contributed by atoms with van der Waals surface area (Å²) in [6.07, 6.45) is 1.65. The van der Waals surface area contributed by atoms with Crippen LogP contribution in [0.1, 0.15) is 19.8 Å². The highest BCUT2D eigenvalue weighted by molar-refractivity contribution is 5.76. The maximum Gasteiger partial charge on any atom is 0.155 e. The largest absolute Gasteiger partial charge is 0.494 e. The molecule has 0 aliphatic heterocycles. The highest BCUT2D eigenvalue weighted by Gasteiger charge is 1.96. The van der Waals surface area contributed by atoms with Crippen LogP contribution in [0.3, 0.4) is 0 Å². The summed E-state index contributed by atoms with van der Waals surface area (Å²) in [5.41, 5.74) is 1.07. The van der Waals surface area contributed by atoms with Crippen molar-refractivity contribution in [2.75, 3.05) is 45.4 Å². The van der Waals surface area contributed by atoms with E-state index in [1.807, 2.05) is 31.3 Å². The molecule has 0 unspecified atom stereocenters. The molecular weight excluding hydrogens is 270 g/mol. The van der Waals surface area contributed by atoms with E-state index < -0.39 is 0 Å². The summed E-state index contributed by atoms with van der Waals surface area (Å²) in [7, 11) is 1.89. The monoisotopic (exact) mass is 295 g/mol. The number of Topliss-reactive ketones (excluding diaryl/α,β-unsaturated/α-hetero) is 1. The highest BCUT2D eigenvalue weighted by Crippen LogP contribution is 2.15. The number of ketones is 1. The minimum atomic E-state index is 0.0517. The van der Waals surface area contributed by atoms with Crippen molar-refractivity contribution in [2.45, 2.75) is 19.8 Å². The van der Waals surface area contributed by atoms with E-state index in [9.17, 15) is 4.79 Å². The lowest BCUT2D eigenvalue weighted by molar-refractivity contribution is -0.121. The fourth-order valence-corrected chi connectivity index (χ4v) is 1.65. The molecule has 0 aromatic heterocycles. The SMILES string of the molecule is CNc1ccc(OCCCOCCCOCC(C)=O)cc1. The van der Waals surface area contributed by atoms with Crippen LogP contribution < -0.4 is 10.1 Å². The van der Waals surface area contributed by atoms with Crippen molar-refractivity contribution < 1.29 is 19.0 Å². The van der Waals surface area contributed by atoms with E-state index in [0.29, 0.717) is 26.4 Å². The molecule has 1 aromatic carbocycles. The summed E-state index contributed by atoms with van der Waals surface area (Å²) in [5, 5.41) is 3.06. The van der Waals surface area contributed by atoms with Gasteiger partial charge in [0.15, 0.2) is 5.78 Å². The van der Waals surface area contributed by atoms with Gasteiger partial charge in [-0.3, -0.25) is 4.79 Å². The molecule has 0 atom stereocenters. The molecule has 5 heteroatoms. The second kappa shape index (κ2) is 11.1. The molecule has 1 aromatic rings. The molecule has 0 aliphatic carbocycles. The van der Waals surface area contributed by atoms with Gasteiger partial charge in [0.05, 0.1) is 6.61 Å². The third-order valence-electron chi connectivity index (χ3n) is 2.73. The minimum absolute atomic E-state index is 0.0517. The Morgan fingerprint density at radius 2 is 1.62 bits per heavy atom. The fourth-order valence-electron chi connectivity index (χ4n) is 1.65. The first-order valence-electron chi connectivity index (χ1n) is 7.28. The van der Waals surface area contributed by atoms with E-state index in [1.54, 1.807) is 0 Å². The molecule has 0 amide bonds. The van der Waals surface area contributed by atoms with Crippen molar-refractivity contribution in [1.29, 1.82) is 0 Å². The van der Waals surface area contributed by atoms with Crippen LogP contribution in [0, 0.1) is 0 Å². The molecule has 1 N–H and O–H groups in total. The summed E-state index contributed by atoms with van der Waals surface area (Å²) >= 11 is 0. The van der Waals surface area contributed by atoms with Crippen LogP contribution in [-0.2, 0) is 14.3 Å². The molecule has 5 nitrogen and oxygen atoms in total. The Morgan fingerprint density at radius 3 is 2.24 bits per heavy atom. The average Bonchev–Trinajstić information content (AvgIpc) is 2.49. The van der Waals surface area contributed by atoms with Gasteiger partial charge in [-0.05, 0) is 37.6 Å². The van der Waals surface area contributed by atoms with Crippen LogP contribution in [-0.4, -0.2) is 45.9 Å². The second-order valence-corrected chi connectivity index (χ2v) is 4.70. The van der Waals surface area contributed by atoms with Crippen LogP contribution in [0.4, 0.5) is 5.69 Å². The smallest absolute Gasteiger partial charge is 0.155 e. The zero-order valence-corrected chi connectivity index (χ0v) is 12.9. The number of anilines is 1. The molecular formula is C16H25NO4. The molecule has 21 heavy (non-hydrogen) atoms. The van der Waals surface area contributed by atoms with Crippen LogP contribution in [0.2, 0.25) is 0 Å². The number of nitrogens with one attached hydrogen (secondary N) is 1. The Balaban J connectivity index is 1.91. The summed E-state index contributed by atoms with van der Waals surface area (Å²) < 4.78 is 16.2. The predicted molar refractivity (Wildman–Crippen MR) is 83.0 cm³/mol. The standard InChI is InChI=1S/C16H25NO4/c1-14(18)13-20-11-3-9-19-10-4-12-21-16-7-5-15(17-2)6-8-16/h5-8,17H,3-4,9-13H2,1-2H3. The zero-order chi connectivity index (χ0) is 15.3. The summed E-state index contributed by atoms with van der Waals surface area (Å²) in [5.74, 6) is 0.919. The molecule has 0 bridgehead atoms. The van der Waals surface area contributed by atoms with Crippen LogP contribution in [0.15, 0.2) is 24.3 Å². The third kappa shape index (κ3) is 9.05. The zero-order valence-electron chi connectivity index (χ0n) is 12.9. The third-order valence-corrected chi connectivity index (χ3v) is 2.73. The highest BCUT2D eigenvalue weighted by atomic mass is 16.5. The van der Waals surface area contributed by atoms with Gasteiger partial charge >= 0.3 is 0 Å². The summed E-state index contributed by atoms with van der Waals surface area (Å²) in [6.45, 7) is 4.23. The first kappa shape index (κ1) is 17.5. The van der Waals surface area contributed by atoms with E-state index >= 15 is 0 Å². The van der Waals surface area contributed by atoms with Gasteiger partial charge in [-0.1, -0.05) is 0 Å². The van der Waals surface area contributed by atoms with Gasteiger partial charge in [0, 0.05) is 39.0 Å². The van der Waals surface area contributed by atoms with Gasteiger partial charge in [0.2, 0.25) is 0 Å². The maximum atomic E-state index is 10.6. The van der Waals surface area contributed by atoms with Gasteiger partial charge in [-0.15, -0.1) is 0 Å². The topological polar surface area (TPSA) is 56.8 Å². The molecule has 0 saturated heterocycles. The molecule has 118 valence electrons. The first-order valence-corrected chi connectivity index (χ1v) is 7.28. The van der Waals surface area contributed by atoms with Gasteiger partial charge in [0.1, 0.15) is 12.4 Å². The number of carbonyl (C=O) groups is 1. The lowest BCUT2D eigenvalue weighted by Gasteiger charge is -2.08. The lowest BCUT2D eigenvalue weighted by Crippen LogP contribution is -2.08. The first-order chi connectivity index (χ1) is 10.2. The van der Waals surface area contributed by atoms with E-state index in [1.165, 1.54) is 6.92 Å². The molecule has 0 saturated carbocycles. The molecule has 0 heterocycles. The Kier molecular flexibility index (Phi) is 9.24. The quantitative estimate of drug-likeness (QED) is 0.600. The van der Waals surface area contributed by atoms with Crippen molar-refractivity contribution in [1.82, 2.24) is 0 Å². The van der Waals surface area contributed by atoms with Gasteiger partial charge in [-0.2, -0.15) is 0 Å². The van der Waals surface area contributed by atoms with E-state index in [-0.39, 0.29) is 12.4 Å². The molecule has 0 fully saturated rings. The Labute approximate surface area is 126 Å². The van der Waals surface area contributed by atoms with E-state index in [4.69, 9.17) is 14.2 Å². The summed E-state index contributed by atoms with van der Waals surface area (Å²) in [6, 6.07) is 7.85. The molecule has 0 radical (unpaired) electrons. The maximum absolute atomic E-state index is 10.6. The van der Waals surface area contributed by atoms with Crippen molar-refractivity contribution in [2.24, 2.45) is 0 Å². The Bertz CT molecular complexity index is 392. The van der Waals surface area contributed by atoms with Crippen molar-refractivity contribution in [3.63, 3.8) is 0 Å². The van der Waals surface area contributed by atoms with Gasteiger partial charge in [0.25, 0.3) is 0 Å². The number of ether oxygens (including phenoxy) is 3. The second-order valence-electron chi connectivity index (χ2n) is 4.70. The summed E-state index contributed by atoms with van der Waals surface area (Å²) in [4.78, 5) is 10.6. The van der Waals surface area contributed by atoms with Gasteiger partial charge in [-0.25, -0.2) is 0 Å². The Hall–Kier alpha value is -1.59. The van der Waals surface area contributed by atoms with Crippen LogP contribution in [0.5, 0.6) is 5.75 Å². The number of benzene rings is 1. The Morgan fingerprint density at radius 1 is 1.00 bits per heavy atom. The van der Waals surface area contributed by atoms with Crippen molar-refractivity contribution in [3.05, 3.63) is 24.3 Å². The van der Waals surface area contributed by atoms with E-state index in [2.05, 4.69) is 5.32 Å². The predicted octanol–water partition coefficient (Wildman–Crippen LogP) is 2.51. The number of hydrogen-bond acceptors (Lipinski definition) is 5. The van der Waals surface area contributed by atoms with Gasteiger partial charge < -0.3 is 19.5 Å². The number of rotatable bonds is 12. The normalized spacial score (nSPS) is 10.4. The van der Waals surface area contributed by atoms with Crippen molar-refractivity contribution >= 4 is 11.5 Å². The fraction of sp³-hybridized carbons (Fsp3) is 0.562. The van der Waals surface area contributed by atoms with Crippen molar-refractivity contribution in [3.8, 4) is 5.75 Å². The average molecular weight is 295 g/mol. The van der Waals surface area contributed by atoms with E-state index in [0.717, 1.165) is 24.3 Å². The minimum Gasteiger partial charge on any atom is -0.494 e. The number of carbonyl (C=O) groups excluding carboxylic acids is 1.